The van der Waals surface area contributed by atoms with Gasteiger partial charge in [-0.2, -0.15) is 0 Å². The van der Waals surface area contributed by atoms with Crippen molar-refractivity contribution < 1.29 is 32.9 Å². The molecule has 3 N–H and O–H groups in total. The van der Waals surface area contributed by atoms with E-state index in [0.29, 0.717) is 23.9 Å². The molecule has 0 aliphatic carbocycles. The molecule has 0 spiro atoms. The molecular weight excluding hydrogens is 563 g/mol. The van der Waals surface area contributed by atoms with Gasteiger partial charge in [-0.25, -0.2) is 4.57 Å². The van der Waals surface area contributed by atoms with Gasteiger partial charge >= 0.3 is 7.82 Å². The van der Waals surface area contributed by atoms with E-state index in [2.05, 4.69) is 31.3 Å². The summed E-state index contributed by atoms with van der Waals surface area (Å²) >= 11 is 0. The second kappa shape index (κ2) is 27.5. The third-order valence-electron chi connectivity index (χ3n) is 7.76. The van der Waals surface area contributed by atoms with Crippen molar-refractivity contribution in [3.63, 3.8) is 0 Å². The lowest BCUT2D eigenvalue weighted by molar-refractivity contribution is -0.870. The van der Waals surface area contributed by atoms with Gasteiger partial charge in [-0.15, -0.1) is 0 Å². The maximum Gasteiger partial charge on any atom is 0.472 e. The summed E-state index contributed by atoms with van der Waals surface area (Å²) in [5.41, 5.74) is 0. The van der Waals surface area contributed by atoms with E-state index in [4.69, 9.17) is 9.05 Å². The molecule has 0 heterocycles. The predicted molar refractivity (Wildman–Crippen MR) is 180 cm³/mol. The van der Waals surface area contributed by atoms with Gasteiger partial charge in [0, 0.05) is 6.42 Å². The average molecular weight is 634 g/mol. The number of hydrogen-bond acceptors (Lipinski definition) is 5. The van der Waals surface area contributed by atoms with E-state index >= 15 is 0 Å². The fraction of sp³-hybridized carbons (Fsp3) is 0.912. The molecule has 0 aromatic rings. The summed E-state index contributed by atoms with van der Waals surface area (Å²) in [6.07, 6.45) is 26.8. The van der Waals surface area contributed by atoms with Crippen LogP contribution in [0.4, 0.5) is 0 Å². The highest BCUT2D eigenvalue weighted by atomic mass is 31.2. The summed E-state index contributed by atoms with van der Waals surface area (Å²) in [5, 5.41) is 13.8. The zero-order valence-electron chi connectivity index (χ0n) is 28.7. The molecule has 0 aliphatic heterocycles. The molecule has 1 amide bonds. The fourth-order valence-corrected chi connectivity index (χ4v) is 5.60. The van der Waals surface area contributed by atoms with E-state index in [0.717, 1.165) is 44.9 Å². The lowest BCUT2D eigenvalue weighted by Gasteiger charge is -2.26. The second-order valence-electron chi connectivity index (χ2n) is 13.2. The van der Waals surface area contributed by atoms with Crippen molar-refractivity contribution in [1.29, 1.82) is 0 Å². The number of nitrogens with one attached hydrogen (secondary N) is 1. The van der Waals surface area contributed by atoms with Gasteiger partial charge in [-0.1, -0.05) is 116 Å². The van der Waals surface area contributed by atoms with Crippen LogP contribution >= 0.6 is 7.82 Å². The van der Waals surface area contributed by atoms with E-state index in [1.807, 2.05) is 21.1 Å². The first kappa shape index (κ1) is 42.2. The van der Waals surface area contributed by atoms with Gasteiger partial charge in [0.2, 0.25) is 5.91 Å². The minimum atomic E-state index is -4.30. The van der Waals surface area contributed by atoms with E-state index in [1.165, 1.54) is 77.0 Å². The molecule has 0 rings (SSSR count). The third kappa shape index (κ3) is 29.7. The second-order valence-corrected chi connectivity index (χ2v) is 14.7. The molecule has 0 radical (unpaired) electrons. The zero-order chi connectivity index (χ0) is 32.2. The number of nitrogens with zero attached hydrogens (tertiary/aromatic N) is 1. The molecular formula is C34H70N2O6P+. The Balaban J connectivity index is 4.52. The number of phosphoric acid groups is 1. The standard InChI is InChI=1S/C34H69N2O6P/c1-6-8-10-12-14-15-16-17-18-19-20-22-23-25-27-33(37)32(31-42-43(39,40)41-30-29-36(3,4)5)35-34(38)28-26-24-21-13-11-9-7-2/h19-20,32-33,37H,6-18,21-31H2,1-5H3,(H-,35,38,39,40)/p+1/b20-19+/t32-,33+/m1/s1. The molecule has 0 aromatic heterocycles. The summed E-state index contributed by atoms with van der Waals surface area (Å²) in [4.78, 5) is 22.8. The highest BCUT2D eigenvalue weighted by Gasteiger charge is 2.28. The van der Waals surface area contributed by atoms with Crippen LogP contribution < -0.4 is 5.32 Å². The van der Waals surface area contributed by atoms with Crippen molar-refractivity contribution >= 4 is 13.7 Å². The Morgan fingerprint density at radius 2 is 1.26 bits per heavy atom. The van der Waals surface area contributed by atoms with Crippen molar-refractivity contribution in [2.45, 2.75) is 161 Å². The van der Waals surface area contributed by atoms with Gasteiger partial charge in [0.25, 0.3) is 0 Å². The molecule has 1 unspecified atom stereocenters. The van der Waals surface area contributed by atoms with E-state index in [-0.39, 0.29) is 19.1 Å². The molecule has 0 bridgehead atoms. The average Bonchev–Trinajstić information content (AvgIpc) is 2.94. The van der Waals surface area contributed by atoms with E-state index in [9.17, 15) is 19.4 Å². The molecule has 0 fully saturated rings. The first-order valence-corrected chi connectivity index (χ1v) is 19.0. The molecule has 0 saturated heterocycles. The maximum atomic E-state index is 12.6. The highest BCUT2D eigenvalue weighted by molar-refractivity contribution is 7.47. The van der Waals surface area contributed by atoms with Crippen molar-refractivity contribution in [2.24, 2.45) is 0 Å². The van der Waals surface area contributed by atoms with Crippen molar-refractivity contribution in [3.05, 3.63) is 12.2 Å². The number of unbranched alkanes of at least 4 members (excludes halogenated alkanes) is 16. The third-order valence-corrected chi connectivity index (χ3v) is 8.75. The monoisotopic (exact) mass is 633 g/mol. The summed E-state index contributed by atoms with van der Waals surface area (Å²) in [7, 11) is 1.60. The van der Waals surface area contributed by atoms with Crippen LogP contribution in [0.2, 0.25) is 0 Å². The van der Waals surface area contributed by atoms with Crippen LogP contribution in [0.25, 0.3) is 0 Å². The Kier molecular flexibility index (Phi) is 27.1. The first-order chi connectivity index (χ1) is 20.5. The quantitative estimate of drug-likeness (QED) is 0.0306. The number of carbonyl (C=O) groups excluding carboxylic acids is 1. The van der Waals surface area contributed by atoms with Gasteiger partial charge in [-0.05, 0) is 38.5 Å². The number of allylic oxidation sites excluding steroid dienone is 2. The van der Waals surface area contributed by atoms with Gasteiger partial charge in [0.1, 0.15) is 13.2 Å². The van der Waals surface area contributed by atoms with Crippen molar-refractivity contribution in [3.8, 4) is 0 Å². The molecule has 0 aromatic carbocycles. The van der Waals surface area contributed by atoms with Crippen LogP contribution in [0.15, 0.2) is 12.2 Å². The Bertz CT molecular complexity index is 728. The summed E-state index contributed by atoms with van der Waals surface area (Å²) in [5.74, 6) is -0.163. The lowest BCUT2D eigenvalue weighted by atomic mass is 10.0. The molecule has 256 valence electrons. The molecule has 43 heavy (non-hydrogen) atoms. The van der Waals surface area contributed by atoms with Crippen LogP contribution in [0.5, 0.6) is 0 Å². The van der Waals surface area contributed by atoms with Crippen LogP contribution in [0.3, 0.4) is 0 Å². The normalized spacial score (nSPS) is 15.0. The van der Waals surface area contributed by atoms with Gasteiger partial charge in [0.05, 0.1) is 39.9 Å². The summed E-state index contributed by atoms with van der Waals surface area (Å²) < 4.78 is 23.4. The first-order valence-electron chi connectivity index (χ1n) is 17.6. The molecule has 8 nitrogen and oxygen atoms in total. The van der Waals surface area contributed by atoms with Crippen LogP contribution in [0.1, 0.15) is 149 Å². The number of likely N-dealkylation sites (N-methyl/N-ethyl adjacent to an activating group) is 1. The highest BCUT2D eigenvalue weighted by Crippen LogP contribution is 2.43. The molecule has 3 atom stereocenters. The van der Waals surface area contributed by atoms with Gasteiger partial charge in [0.15, 0.2) is 0 Å². The van der Waals surface area contributed by atoms with Crippen molar-refractivity contribution in [2.75, 3.05) is 40.9 Å². The Morgan fingerprint density at radius 1 is 0.767 bits per heavy atom. The van der Waals surface area contributed by atoms with Crippen molar-refractivity contribution in [1.82, 2.24) is 5.32 Å². The number of quaternary nitrogens is 1. The number of hydrogen-bond donors (Lipinski definition) is 3. The Hall–Kier alpha value is -0.760. The minimum absolute atomic E-state index is 0.0711. The summed E-state index contributed by atoms with van der Waals surface area (Å²) in [6, 6.07) is -0.767. The van der Waals surface area contributed by atoms with E-state index < -0.39 is 20.0 Å². The smallest absolute Gasteiger partial charge is 0.391 e. The number of phosphoric ester groups is 1. The Morgan fingerprint density at radius 3 is 1.79 bits per heavy atom. The Labute approximate surface area is 265 Å². The number of amides is 1. The number of carbonyl (C=O) groups is 1. The number of aliphatic hydroxyl groups excluding tert-OH is 1. The van der Waals surface area contributed by atoms with Crippen LogP contribution in [-0.4, -0.2) is 73.4 Å². The van der Waals surface area contributed by atoms with Crippen LogP contribution in [-0.2, 0) is 18.4 Å². The summed E-state index contributed by atoms with van der Waals surface area (Å²) in [6.45, 7) is 4.79. The SMILES string of the molecule is CCCCCCCCCC/C=C/CCCC[C@H](O)[C@@H](COP(=O)(O)OCC[N+](C)(C)C)NC(=O)CCCCCCCCC. The minimum Gasteiger partial charge on any atom is -0.391 e. The molecule has 0 aliphatic rings. The number of aliphatic hydroxyl groups is 1. The molecule has 9 heteroatoms. The number of rotatable bonds is 31. The zero-order valence-corrected chi connectivity index (χ0v) is 29.6. The maximum absolute atomic E-state index is 12.6. The molecule has 0 saturated carbocycles. The van der Waals surface area contributed by atoms with E-state index in [1.54, 1.807) is 0 Å². The lowest BCUT2D eigenvalue weighted by Crippen LogP contribution is -2.46. The predicted octanol–water partition coefficient (Wildman–Crippen LogP) is 8.46. The largest absolute Gasteiger partial charge is 0.472 e. The fourth-order valence-electron chi connectivity index (χ4n) is 4.86. The van der Waals surface area contributed by atoms with Gasteiger partial charge in [-0.3, -0.25) is 13.8 Å². The van der Waals surface area contributed by atoms with Gasteiger partial charge < -0.3 is 19.8 Å². The topological polar surface area (TPSA) is 105 Å². The van der Waals surface area contributed by atoms with Crippen LogP contribution in [0, 0.1) is 0 Å².